The van der Waals surface area contributed by atoms with Gasteiger partial charge < -0.3 is 25.3 Å². The van der Waals surface area contributed by atoms with Crippen LogP contribution in [0, 0.1) is 0 Å². The lowest BCUT2D eigenvalue weighted by atomic mass is 10.0. The van der Waals surface area contributed by atoms with Crippen molar-refractivity contribution in [3.63, 3.8) is 0 Å². The second-order valence-electron chi connectivity index (χ2n) is 9.86. The van der Waals surface area contributed by atoms with Crippen LogP contribution in [0.2, 0.25) is 0 Å². The number of carbonyl (C=O) groups is 1. The van der Waals surface area contributed by atoms with Crippen LogP contribution in [0.15, 0.2) is 36.8 Å². The number of para-hydroxylation sites is 1. The number of carbonyl (C=O) groups excluding carboxylic acids is 1. The molecule has 1 aliphatic heterocycles. The molecule has 0 unspecified atom stereocenters. The molecule has 1 aliphatic rings. The number of rotatable bonds is 8. The smallest absolute Gasteiger partial charge is 0.410 e. The van der Waals surface area contributed by atoms with Crippen molar-refractivity contribution in [2.24, 2.45) is 0 Å². The molecule has 8 nitrogen and oxygen atoms in total. The molecule has 5 rings (SSSR count). The number of amides is 1. The summed E-state index contributed by atoms with van der Waals surface area (Å²) < 4.78 is 6.82. The van der Waals surface area contributed by atoms with Crippen molar-refractivity contribution in [1.29, 1.82) is 0 Å². The molecule has 0 fully saturated rings. The number of H-pyrrole nitrogens is 1. The fraction of sp³-hybridized carbons (Fsp3) is 0.423. The summed E-state index contributed by atoms with van der Waals surface area (Å²) in [5.41, 5.74) is 4.04. The summed E-state index contributed by atoms with van der Waals surface area (Å²) in [4.78, 5) is 27.9. The monoisotopic (exact) mass is 524 g/mol. The van der Waals surface area contributed by atoms with Crippen LogP contribution in [-0.4, -0.2) is 51.2 Å². The zero-order valence-corrected chi connectivity index (χ0v) is 22.5. The zero-order chi connectivity index (χ0) is 25.1. The fourth-order valence-corrected chi connectivity index (χ4v) is 6.63. The Morgan fingerprint density at radius 1 is 1.22 bits per heavy atom. The maximum atomic E-state index is 12.7. The summed E-state index contributed by atoms with van der Waals surface area (Å²) in [6.07, 6.45) is 5.14. The third-order valence-electron chi connectivity index (χ3n) is 5.89. The summed E-state index contributed by atoms with van der Waals surface area (Å²) >= 11 is 3.47. The standard InChI is InChI=1S/C26H32N6O2S2/c1-26(2,3)34-25(33)32-12-9-18-21(15-32)36-23(29-11-6-10-27-13-17-14-28-16-30-17)22(18)24-31-19-7-4-5-8-20(19)35-24/h4-5,7-8,14,16,27,29H,6,9-13,15H2,1-3H3,(H,28,30). The highest BCUT2D eigenvalue weighted by molar-refractivity contribution is 7.22. The zero-order valence-electron chi connectivity index (χ0n) is 20.9. The van der Waals surface area contributed by atoms with Crippen LogP contribution in [-0.2, 0) is 24.2 Å². The van der Waals surface area contributed by atoms with E-state index >= 15 is 0 Å². The molecular formula is C26H32N6O2S2. The molecule has 0 aliphatic carbocycles. The van der Waals surface area contributed by atoms with Crippen molar-refractivity contribution < 1.29 is 9.53 Å². The van der Waals surface area contributed by atoms with E-state index in [0.29, 0.717) is 13.1 Å². The number of ether oxygens (including phenoxy) is 1. The molecule has 4 aromatic rings. The largest absolute Gasteiger partial charge is 0.444 e. The maximum absolute atomic E-state index is 12.7. The van der Waals surface area contributed by atoms with Crippen LogP contribution in [0.1, 0.15) is 43.3 Å². The maximum Gasteiger partial charge on any atom is 0.410 e. The minimum atomic E-state index is -0.503. The van der Waals surface area contributed by atoms with Gasteiger partial charge in [-0.2, -0.15) is 0 Å². The molecule has 36 heavy (non-hydrogen) atoms. The van der Waals surface area contributed by atoms with E-state index in [1.54, 1.807) is 29.0 Å². The van der Waals surface area contributed by atoms with Crippen molar-refractivity contribution in [3.05, 3.63) is 52.9 Å². The molecule has 3 aromatic heterocycles. The lowest BCUT2D eigenvalue weighted by molar-refractivity contribution is 0.0227. The first-order valence-electron chi connectivity index (χ1n) is 12.3. The number of aromatic amines is 1. The summed E-state index contributed by atoms with van der Waals surface area (Å²) in [6.45, 7) is 9.43. The first kappa shape index (κ1) is 24.7. The normalized spacial score (nSPS) is 13.7. The lowest BCUT2D eigenvalue weighted by Gasteiger charge is -2.30. The highest BCUT2D eigenvalue weighted by Gasteiger charge is 2.31. The van der Waals surface area contributed by atoms with E-state index in [4.69, 9.17) is 9.72 Å². The van der Waals surface area contributed by atoms with Gasteiger partial charge in [-0.3, -0.25) is 0 Å². The van der Waals surface area contributed by atoms with Crippen molar-refractivity contribution in [3.8, 4) is 10.6 Å². The van der Waals surface area contributed by atoms with Gasteiger partial charge in [0.2, 0.25) is 0 Å². The summed E-state index contributed by atoms with van der Waals surface area (Å²) in [5, 5.41) is 9.29. The number of thiophene rings is 1. The summed E-state index contributed by atoms with van der Waals surface area (Å²) in [5.74, 6) is 0. The molecule has 190 valence electrons. The van der Waals surface area contributed by atoms with Gasteiger partial charge in [-0.05, 0) is 57.9 Å². The molecule has 4 heterocycles. The molecule has 0 saturated carbocycles. The third-order valence-corrected chi connectivity index (χ3v) is 8.12. The van der Waals surface area contributed by atoms with Gasteiger partial charge in [-0.1, -0.05) is 12.1 Å². The first-order valence-corrected chi connectivity index (χ1v) is 13.9. The Morgan fingerprint density at radius 2 is 2.08 bits per heavy atom. The molecule has 1 amide bonds. The Balaban J connectivity index is 1.32. The second-order valence-corrected chi connectivity index (χ2v) is 12.0. The van der Waals surface area contributed by atoms with E-state index in [-0.39, 0.29) is 6.09 Å². The van der Waals surface area contributed by atoms with Crippen LogP contribution in [0.25, 0.3) is 20.8 Å². The number of hydrogen-bond acceptors (Lipinski definition) is 8. The van der Waals surface area contributed by atoms with Crippen molar-refractivity contribution in [2.75, 3.05) is 25.0 Å². The molecule has 10 heteroatoms. The van der Waals surface area contributed by atoms with E-state index < -0.39 is 5.60 Å². The number of aromatic nitrogens is 3. The van der Waals surface area contributed by atoms with Gasteiger partial charge in [0.15, 0.2) is 0 Å². The minimum Gasteiger partial charge on any atom is -0.444 e. The third kappa shape index (κ3) is 5.71. The van der Waals surface area contributed by atoms with E-state index in [2.05, 4.69) is 38.8 Å². The van der Waals surface area contributed by atoms with Gasteiger partial charge in [0, 0.05) is 36.3 Å². The SMILES string of the molecule is CC(C)(C)OC(=O)N1CCc2c(sc(NCCCNCc3c[nH]cn3)c2-c2nc3ccccc3s2)C1. The Hall–Kier alpha value is -2.95. The van der Waals surface area contributed by atoms with Gasteiger partial charge in [0.1, 0.15) is 10.6 Å². The van der Waals surface area contributed by atoms with Crippen LogP contribution in [0.5, 0.6) is 0 Å². The number of imidazole rings is 1. The first-order chi connectivity index (χ1) is 17.4. The summed E-state index contributed by atoms with van der Waals surface area (Å²) in [7, 11) is 0. The number of anilines is 1. The minimum absolute atomic E-state index is 0.249. The molecule has 0 saturated heterocycles. The van der Waals surface area contributed by atoms with Crippen molar-refractivity contribution >= 4 is 44.0 Å². The molecular weight excluding hydrogens is 492 g/mol. The number of thiazole rings is 1. The van der Waals surface area contributed by atoms with Crippen LogP contribution >= 0.6 is 22.7 Å². The van der Waals surface area contributed by atoms with Crippen LogP contribution in [0.4, 0.5) is 9.80 Å². The Morgan fingerprint density at radius 3 is 2.86 bits per heavy atom. The molecule has 0 atom stereocenters. The average Bonchev–Trinajstić information content (AvgIpc) is 3.57. The van der Waals surface area contributed by atoms with E-state index in [9.17, 15) is 4.79 Å². The van der Waals surface area contributed by atoms with Crippen molar-refractivity contribution in [1.82, 2.24) is 25.2 Å². The Labute approximate surface area is 219 Å². The number of nitrogens with one attached hydrogen (secondary N) is 3. The van der Waals surface area contributed by atoms with Crippen molar-refractivity contribution in [2.45, 2.75) is 52.3 Å². The Kier molecular flexibility index (Phi) is 7.27. The van der Waals surface area contributed by atoms with Gasteiger partial charge in [0.25, 0.3) is 0 Å². The highest BCUT2D eigenvalue weighted by atomic mass is 32.1. The molecule has 0 spiro atoms. The predicted molar refractivity (Wildman–Crippen MR) is 147 cm³/mol. The molecule has 0 radical (unpaired) electrons. The number of fused-ring (bicyclic) bond motifs is 2. The van der Waals surface area contributed by atoms with E-state index in [0.717, 1.165) is 53.7 Å². The fourth-order valence-electron chi connectivity index (χ4n) is 4.24. The Bertz CT molecular complexity index is 1290. The topological polar surface area (TPSA) is 95.2 Å². The van der Waals surface area contributed by atoms with E-state index in [1.807, 2.05) is 37.9 Å². The summed E-state index contributed by atoms with van der Waals surface area (Å²) in [6, 6.07) is 8.28. The predicted octanol–water partition coefficient (Wildman–Crippen LogP) is 5.63. The van der Waals surface area contributed by atoms with Crippen LogP contribution in [0.3, 0.4) is 0 Å². The number of benzene rings is 1. The number of nitrogens with zero attached hydrogens (tertiary/aromatic N) is 3. The second kappa shape index (κ2) is 10.6. The van der Waals surface area contributed by atoms with E-state index in [1.165, 1.54) is 20.7 Å². The highest BCUT2D eigenvalue weighted by Crippen LogP contribution is 2.45. The van der Waals surface area contributed by atoms with Crippen LogP contribution < -0.4 is 10.6 Å². The number of hydrogen-bond donors (Lipinski definition) is 3. The lowest BCUT2D eigenvalue weighted by Crippen LogP contribution is -2.39. The van der Waals surface area contributed by atoms with Gasteiger partial charge >= 0.3 is 6.09 Å². The van der Waals surface area contributed by atoms with Gasteiger partial charge in [-0.25, -0.2) is 14.8 Å². The molecule has 3 N–H and O–H groups in total. The average molecular weight is 525 g/mol. The van der Waals surface area contributed by atoms with Gasteiger partial charge in [-0.15, -0.1) is 22.7 Å². The molecule has 1 aromatic carbocycles. The quantitative estimate of drug-likeness (QED) is 0.259. The van der Waals surface area contributed by atoms with Gasteiger partial charge in [0.05, 0.1) is 33.8 Å². The molecule has 0 bridgehead atoms.